The van der Waals surface area contributed by atoms with Crippen molar-refractivity contribution in [3.05, 3.63) is 22.4 Å². The first-order valence-corrected chi connectivity index (χ1v) is 5.54. The molecule has 0 aliphatic heterocycles. The van der Waals surface area contributed by atoms with E-state index >= 15 is 0 Å². The fourth-order valence-electron chi connectivity index (χ4n) is 1.17. The maximum absolute atomic E-state index is 11.7. The first-order valence-electron chi connectivity index (χ1n) is 4.74. The molecule has 0 radical (unpaired) electrons. The highest BCUT2D eigenvalue weighted by Crippen LogP contribution is 2.13. The van der Waals surface area contributed by atoms with E-state index in [4.69, 9.17) is 5.11 Å². The second-order valence-electron chi connectivity index (χ2n) is 3.60. The van der Waals surface area contributed by atoms with E-state index in [0.717, 1.165) is 4.47 Å². The number of nitrogens with zero attached hydrogens (tertiary/aromatic N) is 1. The molecule has 1 heterocycles. The molecule has 1 amide bonds. The van der Waals surface area contributed by atoms with Gasteiger partial charge in [-0.2, -0.15) is 0 Å². The first kappa shape index (κ1) is 12.8. The average Bonchev–Trinajstić information content (AvgIpc) is 2.53. The number of rotatable bonds is 4. The Morgan fingerprint density at radius 1 is 1.62 bits per heavy atom. The van der Waals surface area contributed by atoms with Crippen LogP contribution in [0.4, 0.5) is 0 Å². The van der Waals surface area contributed by atoms with Crippen LogP contribution < -0.4 is 5.32 Å². The van der Waals surface area contributed by atoms with E-state index in [1.165, 1.54) is 0 Å². The molecule has 0 saturated carbocycles. The van der Waals surface area contributed by atoms with Gasteiger partial charge < -0.3 is 15.0 Å². The van der Waals surface area contributed by atoms with E-state index in [-0.39, 0.29) is 12.5 Å². The minimum Gasteiger partial charge on any atom is -0.481 e. The standard InChI is InChI=1S/C10H13BrN2O3/c1-6(10(15)16)4-12-9(14)8-3-7(11)5-13(8)2/h3,5-6H,4H2,1-2H3,(H,12,14)(H,15,16)/t6-/m0/s1. The average molecular weight is 289 g/mol. The number of aliphatic carboxylic acids is 1. The maximum Gasteiger partial charge on any atom is 0.308 e. The molecule has 0 aliphatic rings. The number of carboxylic acids is 1. The topological polar surface area (TPSA) is 71.3 Å². The highest BCUT2D eigenvalue weighted by atomic mass is 79.9. The summed E-state index contributed by atoms with van der Waals surface area (Å²) in [7, 11) is 1.75. The highest BCUT2D eigenvalue weighted by Gasteiger charge is 2.15. The third kappa shape index (κ3) is 3.10. The van der Waals surface area contributed by atoms with Crippen molar-refractivity contribution in [3.8, 4) is 0 Å². The summed E-state index contributed by atoms with van der Waals surface area (Å²) in [6.07, 6.45) is 1.76. The summed E-state index contributed by atoms with van der Waals surface area (Å²) in [6, 6.07) is 1.68. The van der Waals surface area contributed by atoms with Crippen LogP contribution in [-0.4, -0.2) is 28.1 Å². The van der Waals surface area contributed by atoms with Gasteiger partial charge in [0, 0.05) is 24.3 Å². The van der Waals surface area contributed by atoms with Gasteiger partial charge in [-0.05, 0) is 22.0 Å². The second kappa shape index (κ2) is 5.16. The lowest BCUT2D eigenvalue weighted by Gasteiger charge is -2.08. The predicted molar refractivity (Wildman–Crippen MR) is 62.2 cm³/mol. The normalized spacial score (nSPS) is 12.2. The minimum atomic E-state index is -0.923. The van der Waals surface area contributed by atoms with Crippen LogP contribution in [0.5, 0.6) is 0 Å². The number of aryl methyl sites for hydroxylation is 1. The van der Waals surface area contributed by atoms with Crippen LogP contribution in [-0.2, 0) is 11.8 Å². The molecule has 1 aromatic heterocycles. The molecule has 0 spiro atoms. The Balaban J connectivity index is 2.60. The zero-order valence-corrected chi connectivity index (χ0v) is 10.6. The number of carbonyl (C=O) groups is 2. The van der Waals surface area contributed by atoms with Gasteiger partial charge in [0.05, 0.1) is 5.92 Å². The van der Waals surface area contributed by atoms with E-state index in [2.05, 4.69) is 21.2 Å². The quantitative estimate of drug-likeness (QED) is 0.876. The summed E-state index contributed by atoms with van der Waals surface area (Å²) < 4.78 is 2.48. The minimum absolute atomic E-state index is 0.122. The van der Waals surface area contributed by atoms with Gasteiger partial charge in [0.1, 0.15) is 5.69 Å². The zero-order valence-electron chi connectivity index (χ0n) is 9.03. The van der Waals surface area contributed by atoms with Crippen molar-refractivity contribution in [2.75, 3.05) is 6.54 Å². The van der Waals surface area contributed by atoms with Crippen molar-refractivity contribution in [1.29, 1.82) is 0 Å². The Bertz CT molecular complexity index is 414. The van der Waals surface area contributed by atoms with E-state index in [0.29, 0.717) is 5.69 Å². The van der Waals surface area contributed by atoms with Crippen LogP contribution in [0.1, 0.15) is 17.4 Å². The van der Waals surface area contributed by atoms with Gasteiger partial charge in [0.2, 0.25) is 0 Å². The lowest BCUT2D eigenvalue weighted by molar-refractivity contribution is -0.140. The molecule has 88 valence electrons. The number of carboxylic acid groups (broad SMARTS) is 1. The smallest absolute Gasteiger partial charge is 0.308 e. The Hall–Kier alpha value is -1.30. The molecule has 5 nitrogen and oxygen atoms in total. The monoisotopic (exact) mass is 288 g/mol. The van der Waals surface area contributed by atoms with E-state index < -0.39 is 11.9 Å². The fourth-order valence-corrected chi connectivity index (χ4v) is 1.70. The van der Waals surface area contributed by atoms with E-state index in [1.807, 2.05) is 0 Å². The lowest BCUT2D eigenvalue weighted by atomic mass is 10.2. The Morgan fingerprint density at radius 3 is 2.69 bits per heavy atom. The molecule has 16 heavy (non-hydrogen) atoms. The number of hydrogen-bond acceptors (Lipinski definition) is 2. The fraction of sp³-hybridized carbons (Fsp3) is 0.400. The summed E-state index contributed by atoms with van der Waals surface area (Å²) in [6.45, 7) is 1.67. The van der Waals surface area contributed by atoms with Crippen molar-refractivity contribution in [2.24, 2.45) is 13.0 Å². The van der Waals surface area contributed by atoms with Gasteiger partial charge in [-0.3, -0.25) is 9.59 Å². The summed E-state index contributed by atoms with van der Waals surface area (Å²) >= 11 is 3.26. The van der Waals surface area contributed by atoms with Gasteiger partial charge in [0.15, 0.2) is 0 Å². The Morgan fingerprint density at radius 2 is 2.25 bits per heavy atom. The van der Waals surface area contributed by atoms with Crippen LogP contribution in [0.3, 0.4) is 0 Å². The zero-order chi connectivity index (χ0) is 12.3. The van der Waals surface area contributed by atoms with E-state index in [1.54, 1.807) is 30.8 Å². The molecular formula is C10H13BrN2O3. The van der Waals surface area contributed by atoms with Crippen molar-refractivity contribution >= 4 is 27.8 Å². The molecule has 6 heteroatoms. The van der Waals surface area contributed by atoms with Crippen LogP contribution in [0.2, 0.25) is 0 Å². The van der Waals surface area contributed by atoms with Gasteiger partial charge in [-0.25, -0.2) is 0 Å². The van der Waals surface area contributed by atoms with Gasteiger partial charge >= 0.3 is 5.97 Å². The Kier molecular flexibility index (Phi) is 4.12. The molecule has 0 aliphatic carbocycles. The molecule has 1 atom stereocenters. The summed E-state index contributed by atoms with van der Waals surface area (Å²) in [4.78, 5) is 22.2. The van der Waals surface area contributed by atoms with Gasteiger partial charge in [-0.1, -0.05) is 6.92 Å². The van der Waals surface area contributed by atoms with Crippen LogP contribution >= 0.6 is 15.9 Å². The van der Waals surface area contributed by atoms with Crippen molar-refractivity contribution in [1.82, 2.24) is 9.88 Å². The van der Waals surface area contributed by atoms with Crippen molar-refractivity contribution in [2.45, 2.75) is 6.92 Å². The number of aromatic nitrogens is 1. The van der Waals surface area contributed by atoms with Crippen LogP contribution in [0.15, 0.2) is 16.7 Å². The second-order valence-corrected chi connectivity index (χ2v) is 4.52. The largest absolute Gasteiger partial charge is 0.481 e. The molecule has 1 rings (SSSR count). The summed E-state index contributed by atoms with van der Waals surface area (Å²) in [5, 5.41) is 11.2. The summed E-state index contributed by atoms with van der Waals surface area (Å²) in [5.74, 6) is -1.79. The number of carbonyl (C=O) groups excluding carboxylic acids is 1. The molecule has 0 saturated heterocycles. The van der Waals surface area contributed by atoms with Crippen molar-refractivity contribution in [3.63, 3.8) is 0 Å². The van der Waals surface area contributed by atoms with Crippen LogP contribution in [0, 0.1) is 5.92 Å². The first-order chi connectivity index (χ1) is 7.41. The van der Waals surface area contributed by atoms with Gasteiger partial charge in [0.25, 0.3) is 5.91 Å². The number of hydrogen-bond donors (Lipinski definition) is 2. The molecule has 0 fully saturated rings. The molecule has 0 bridgehead atoms. The maximum atomic E-state index is 11.7. The summed E-state index contributed by atoms with van der Waals surface area (Å²) in [5.41, 5.74) is 0.490. The molecule has 2 N–H and O–H groups in total. The highest BCUT2D eigenvalue weighted by molar-refractivity contribution is 9.10. The number of halogens is 1. The van der Waals surface area contributed by atoms with Crippen molar-refractivity contribution < 1.29 is 14.7 Å². The number of amides is 1. The Labute approximate surface area is 102 Å². The molecular weight excluding hydrogens is 276 g/mol. The lowest BCUT2D eigenvalue weighted by Crippen LogP contribution is -2.32. The van der Waals surface area contributed by atoms with E-state index in [9.17, 15) is 9.59 Å². The molecule has 1 aromatic rings. The third-order valence-electron chi connectivity index (χ3n) is 2.19. The van der Waals surface area contributed by atoms with Crippen LogP contribution in [0.25, 0.3) is 0 Å². The number of nitrogens with one attached hydrogen (secondary N) is 1. The predicted octanol–water partition coefficient (Wildman–Crippen LogP) is 1.24. The molecule has 0 unspecified atom stereocenters. The SMILES string of the molecule is C[C@@H](CNC(=O)c1cc(Br)cn1C)C(=O)O. The van der Waals surface area contributed by atoms with Gasteiger partial charge in [-0.15, -0.1) is 0 Å². The molecule has 0 aromatic carbocycles. The third-order valence-corrected chi connectivity index (χ3v) is 2.63.